The minimum Gasteiger partial charge on any atom is -0.457 e. The van der Waals surface area contributed by atoms with Crippen LogP contribution < -0.4 is 15.4 Å². The zero-order chi connectivity index (χ0) is 19.6. The van der Waals surface area contributed by atoms with Crippen LogP contribution in [0.15, 0.2) is 53.5 Å². The fourth-order valence-corrected chi connectivity index (χ4v) is 2.13. The molecule has 28 heavy (non-hydrogen) atoms. The largest absolute Gasteiger partial charge is 0.457 e. The summed E-state index contributed by atoms with van der Waals surface area (Å²) in [5.41, 5.74) is 0.998. The molecule has 0 aromatic heterocycles. The number of carbonyl (C=O) groups excluding carboxylic acids is 1. The molecule has 0 bridgehead atoms. The molecular weight excluding hydrogens is 474 g/mol. The second-order valence-electron chi connectivity index (χ2n) is 6.04. The van der Waals surface area contributed by atoms with Crippen molar-refractivity contribution in [3.8, 4) is 11.5 Å². The van der Waals surface area contributed by atoms with Gasteiger partial charge in [0.2, 0.25) is 5.91 Å². The molecular formula is C20H26FIN4O2. The molecule has 0 saturated carbocycles. The number of carbonyl (C=O) groups is 1. The molecule has 152 valence electrons. The van der Waals surface area contributed by atoms with Crippen molar-refractivity contribution in [2.75, 3.05) is 27.2 Å². The third-order valence-corrected chi connectivity index (χ3v) is 3.64. The van der Waals surface area contributed by atoms with Gasteiger partial charge in [-0.15, -0.1) is 24.0 Å². The van der Waals surface area contributed by atoms with Gasteiger partial charge in [-0.25, -0.2) is 9.38 Å². The highest BCUT2D eigenvalue weighted by molar-refractivity contribution is 14.0. The van der Waals surface area contributed by atoms with E-state index in [1.54, 1.807) is 26.2 Å². The molecule has 1 amide bonds. The third-order valence-electron chi connectivity index (χ3n) is 3.64. The lowest BCUT2D eigenvalue weighted by molar-refractivity contribution is -0.127. The van der Waals surface area contributed by atoms with Crippen molar-refractivity contribution in [1.29, 1.82) is 0 Å². The van der Waals surface area contributed by atoms with Gasteiger partial charge in [-0.1, -0.05) is 12.1 Å². The highest BCUT2D eigenvalue weighted by Crippen LogP contribution is 2.22. The Morgan fingerprint density at radius 2 is 1.61 bits per heavy atom. The standard InChI is InChI=1S/C20H25FN4O2.HI/c1-4-22-20(24-14-19(26)25(2)3)23-13-15-5-9-17(10-6-15)27-18-11-7-16(21)8-12-18;/h5-12H,4,13-14H2,1-3H3,(H2,22,23,24);1H. The topological polar surface area (TPSA) is 66.0 Å². The number of likely N-dealkylation sites (N-methyl/N-ethyl adjacent to an activating group) is 1. The molecule has 0 saturated heterocycles. The van der Waals surface area contributed by atoms with E-state index in [0.717, 1.165) is 5.56 Å². The van der Waals surface area contributed by atoms with E-state index >= 15 is 0 Å². The number of aliphatic imine (C=N–C) groups is 1. The number of benzene rings is 2. The fourth-order valence-electron chi connectivity index (χ4n) is 2.13. The molecule has 0 aliphatic rings. The van der Waals surface area contributed by atoms with Gasteiger partial charge in [0.25, 0.3) is 0 Å². The van der Waals surface area contributed by atoms with E-state index in [4.69, 9.17) is 4.74 Å². The maximum absolute atomic E-state index is 12.9. The fraction of sp³-hybridized carbons (Fsp3) is 0.300. The van der Waals surface area contributed by atoms with E-state index in [1.807, 2.05) is 31.2 Å². The van der Waals surface area contributed by atoms with Crippen molar-refractivity contribution >= 4 is 35.8 Å². The Balaban J connectivity index is 0.00000392. The van der Waals surface area contributed by atoms with Crippen molar-refractivity contribution in [3.63, 3.8) is 0 Å². The molecule has 0 heterocycles. The van der Waals surface area contributed by atoms with E-state index in [9.17, 15) is 9.18 Å². The minimum absolute atomic E-state index is 0. The SMILES string of the molecule is CCNC(=NCc1ccc(Oc2ccc(F)cc2)cc1)NCC(=O)N(C)C.I. The van der Waals surface area contributed by atoms with Crippen molar-refractivity contribution in [2.45, 2.75) is 13.5 Å². The summed E-state index contributed by atoms with van der Waals surface area (Å²) in [5, 5.41) is 6.12. The lowest BCUT2D eigenvalue weighted by Crippen LogP contribution is -2.42. The Morgan fingerprint density at radius 1 is 1.04 bits per heavy atom. The molecule has 2 aromatic rings. The maximum atomic E-state index is 12.9. The first-order valence-corrected chi connectivity index (χ1v) is 8.72. The number of hydrogen-bond acceptors (Lipinski definition) is 3. The van der Waals surface area contributed by atoms with Crippen LogP contribution in [-0.4, -0.2) is 44.0 Å². The second-order valence-corrected chi connectivity index (χ2v) is 6.04. The van der Waals surface area contributed by atoms with E-state index in [1.165, 1.54) is 17.0 Å². The molecule has 8 heteroatoms. The summed E-state index contributed by atoms with van der Waals surface area (Å²) in [6, 6.07) is 13.4. The molecule has 0 aliphatic heterocycles. The van der Waals surface area contributed by atoms with Crippen LogP contribution in [0.1, 0.15) is 12.5 Å². The van der Waals surface area contributed by atoms with Gasteiger partial charge in [-0.3, -0.25) is 4.79 Å². The highest BCUT2D eigenvalue weighted by Gasteiger charge is 2.05. The van der Waals surface area contributed by atoms with E-state index in [-0.39, 0.29) is 42.2 Å². The summed E-state index contributed by atoms with van der Waals surface area (Å²) in [6.45, 7) is 3.31. The molecule has 0 unspecified atom stereocenters. The first-order chi connectivity index (χ1) is 13.0. The number of rotatable bonds is 7. The summed E-state index contributed by atoms with van der Waals surface area (Å²) in [6.07, 6.45) is 0. The summed E-state index contributed by atoms with van der Waals surface area (Å²) in [5.74, 6) is 1.50. The van der Waals surface area contributed by atoms with Crippen LogP contribution in [0.25, 0.3) is 0 Å². The summed E-state index contributed by atoms with van der Waals surface area (Å²) in [4.78, 5) is 17.7. The van der Waals surface area contributed by atoms with Crippen LogP contribution >= 0.6 is 24.0 Å². The average Bonchev–Trinajstić information content (AvgIpc) is 2.66. The van der Waals surface area contributed by atoms with Crippen molar-refractivity contribution in [1.82, 2.24) is 15.5 Å². The Kier molecular flexibility index (Phi) is 10.3. The van der Waals surface area contributed by atoms with Gasteiger partial charge in [0, 0.05) is 20.6 Å². The quantitative estimate of drug-likeness (QED) is 0.348. The van der Waals surface area contributed by atoms with Crippen LogP contribution in [0.3, 0.4) is 0 Å². The molecule has 0 radical (unpaired) electrons. The van der Waals surface area contributed by atoms with E-state index in [0.29, 0.717) is 30.5 Å². The number of ether oxygens (including phenoxy) is 1. The van der Waals surface area contributed by atoms with Gasteiger partial charge in [0.1, 0.15) is 17.3 Å². The number of amides is 1. The van der Waals surface area contributed by atoms with Gasteiger partial charge < -0.3 is 20.3 Å². The zero-order valence-corrected chi connectivity index (χ0v) is 18.6. The second kappa shape index (κ2) is 12.2. The van der Waals surface area contributed by atoms with Crippen LogP contribution in [0.4, 0.5) is 4.39 Å². The van der Waals surface area contributed by atoms with Gasteiger partial charge >= 0.3 is 0 Å². The normalized spacial score (nSPS) is 10.6. The van der Waals surface area contributed by atoms with Crippen molar-refractivity contribution in [3.05, 3.63) is 59.9 Å². The third kappa shape index (κ3) is 8.12. The molecule has 0 fully saturated rings. The van der Waals surface area contributed by atoms with Gasteiger partial charge in [0.05, 0.1) is 13.1 Å². The Bertz CT molecular complexity index is 765. The predicted octanol–water partition coefficient (Wildman–Crippen LogP) is 3.38. The van der Waals surface area contributed by atoms with Crippen LogP contribution in [0, 0.1) is 5.82 Å². The minimum atomic E-state index is -0.298. The molecule has 0 spiro atoms. The molecule has 0 aliphatic carbocycles. The first kappa shape index (κ1) is 23.7. The zero-order valence-electron chi connectivity index (χ0n) is 16.2. The summed E-state index contributed by atoms with van der Waals surface area (Å²) in [7, 11) is 3.42. The van der Waals surface area contributed by atoms with Gasteiger partial charge in [-0.05, 0) is 48.9 Å². The highest BCUT2D eigenvalue weighted by atomic mass is 127. The Hall–Kier alpha value is -2.36. The summed E-state index contributed by atoms with van der Waals surface area (Å²) < 4.78 is 18.6. The summed E-state index contributed by atoms with van der Waals surface area (Å²) >= 11 is 0. The molecule has 2 N–H and O–H groups in total. The predicted molar refractivity (Wildman–Crippen MR) is 120 cm³/mol. The maximum Gasteiger partial charge on any atom is 0.241 e. The van der Waals surface area contributed by atoms with Crippen molar-refractivity contribution < 1.29 is 13.9 Å². The van der Waals surface area contributed by atoms with Crippen molar-refractivity contribution in [2.24, 2.45) is 4.99 Å². The number of nitrogens with zero attached hydrogens (tertiary/aromatic N) is 2. The van der Waals surface area contributed by atoms with E-state index in [2.05, 4.69) is 15.6 Å². The molecule has 2 rings (SSSR count). The van der Waals surface area contributed by atoms with E-state index < -0.39 is 0 Å². The lowest BCUT2D eigenvalue weighted by atomic mass is 10.2. The van der Waals surface area contributed by atoms with Gasteiger partial charge in [0.15, 0.2) is 5.96 Å². The number of halogens is 2. The van der Waals surface area contributed by atoms with Crippen LogP contribution in [0.2, 0.25) is 0 Å². The number of guanidine groups is 1. The monoisotopic (exact) mass is 500 g/mol. The molecule has 2 aromatic carbocycles. The lowest BCUT2D eigenvalue weighted by Gasteiger charge is -2.14. The van der Waals surface area contributed by atoms with Gasteiger partial charge in [-0.2, -0.15) is 0 Å². The first-order valence-electron chi connectivity index (χ1n) is 8.72. The Morgan fingerprint density at radius 3 is 2.14 bits per heavy atom. The smallest absolute Gasteiger partial charge is 0.241 e. The van der Waals surface area contributed by atoms with Crippen LogP contribution in [-0.2, 0) is 11.3 Å². The van der Waals surface area contributed by atoms with Crippen LogP contribution in [0.5, 0.6) is 11.5 Å². The number of nitrogens with one attached hydrogen (secondary N) is 2. The molecule has 0 atom stereocenters. The average molecular weight is 500 g/mol. The number of hydrogen-bond donors (Lipinski definition) is 2. The Labute approximate surface area is 182 Å². The molecule has 6 nitrogen and oxygen atoms in total.